The predicted octanol–water partition coefficient (Wildman–Crippen LogP) is 4.74. The number of pyridine rings is 1. The van der Waals surface area contributed by atoms with Crippen LogP contribution in [-0.4, -0.2) is 26.6 Å². The molecule has 2 aromatic carbocycles. The summed E-state index contributed by atoms with van der Waals surface area (Å²) >= 11 is 0. The van der Waals surface area contributed by atoms with Gasteiger partial charge in [-0.1, -0.05) is 12.1 Å². The topological polar surface area (TPSA) is 112 Å². The first kappa shape index (κ1) is 23.5. The normalized spacial score (nSPS) is 11.2. The minimum atomic E-state index is -4.50. The summed E-state index contributed by atoms with van der Waals surface area (Å²) in [6.45, 7) is 1.58. The molecule has 0 saturated carbocycles. The Balaban J connectivity index is 1.47. The van der Waals surface area contributed by atoms with E-state index in [1.54, 1.807) is 31.2 Å². The number of ether oxygens (including phenoxy) is 1. The van der Waals surface area contributed by atoms with Crippen LogP contribution in [0, 0.1) is 6.92 Å². The lowest BCUT2D eigenvalue weighted by molar-refractivity contribution is -0.137. The van der Waals surface area contributed by atoms with Crippen LogP contribution in [0.2, 0.25) is 0 Å². The Morgan fingerprint density at radius 3 is 2.49 bits per heavy atom. The van der Waals surface area contributed by atoms with Gasteiger partial charge in [0.1, 0.15) is 5.75 Å². The number of hydrogen-bond donors (Lipinski definition) is 2. The zero-order chi connectivity index (χ0) is 25.2. The van der Waals surface area contributed by atoms with Gasteiger partial charge >= 0.3 is 6.18 Å². The first-order valence-electron chi connectivity index (χ1n) is 10.2. The van der Waals surface area contributed by atoms with Crippen molar-refractivity contribution >= 4 is 17.5 Å². The molecule has 0 atom stereocenters. The Bertz CT molecular complexity index is 1400. The summed E-state index contributed by atoms with van der Waals surface area (Å²) in [6.07, 6.45) is -1.84. The van der Waals surface area contributed by atoms with Crippen LogP contribution in [0.1, 0.15) is 32.0 Å². The molecule has 0 spiro atoms. The lowest BCUT2D eigenvalue weighted by Crippen LogP contribution is -2.13. The summed E-state index contributed by atoms with van der Waals surface area (Å²) in [7, 11) is 0. The molecule has 0 bridgehead atoms. The molecule has 2 heterocycles. The molecule has 2 aromatic heterocycles. The number of halogens is 3. The van der Waals surface area contributed by atoms with Gasteiger partial charge in [-0.3, -0.25) is 9.59 Å². The Morgan fingerprint density at radius 1 is 1.03 bits per heavy atom. The highest BCUT2D eigenvalue weighted by molar-refractivity contribution is 6.04. The molecule has 178 valence electrons. The minimum absolute atomic E-state index is 0.181. The number of anilines is 1. The van der Waals surface area contributed by atoms with Crippen molar-refractivity contribution in [3.63, 3.8) is 0 Å². The van der Waals surface area contributed by atoms with Crippen molar-refractivity contribution in [2.24, 2.45) is 5.73 Å². The van der Waals surface area contributed by atoms with E-state index in [9.17, 15) is 22.8 Å². The monoisotopic (exact) mass is 481 g/mol. The molecule has 35 heavy (non-hydrogen) atoms. The molecule has 0 fully saturated rings. The van der Waals surface area contributed by atoms with Gasteiger partial charge in [0.2, 0.25) is 11.8 Å². The average Bonchev–Trinajstić information content (AvgIpc) is 3.21. The zero-order valence-corrected chi connectivity index (χ0v) is 18.2. The highest BCUT2D eigenvalue weighted by Gasteiger charge is 2.30. The molecule has 0 aliphatic rings. The van der Waals surface area contributed by atoms with Gasteiger partial charge in [-0.05, 0) is 49.4 Å². The third-order valence-corrected chi connectivity index (χ3v) is 5.01. The molecule has 2 amide bonds. The van der Waals surface area contributed by atoms with E-state index in [2.05, 4.69) is 15.4 Å². The van der Waals surface area contributed by atoms with E-state index in [0.29, 0.717) is 17.1 Å². The fourth-order valence-electron chi connectivity index (χ4n) is 3.25. The van der Waals surface area contributed by atoms with Crippen molar-refractivity contribution in [2.75, 3.05) is 5.32 Å². The van der Waals surface area contributed by atoms with Gasteiger partial charge in [0.05, 0.1) is 40.6 Å². The minimum Gasteiger partial charge on any atom is -0.439 e. The van der Waals surface area contributed by atoms with E-state index in [-0.39, 0.29) is 22.7 Å². The third-order valence-electron chi connectivity index (χ3n) is 5.01. The lowest BCUT2D eigenvalue weighted by atomic mass is 10.2. The highest BCUT2D eigenvalue weighted by Crippen LogP contribution is 2.30. The molecule has 0 saturated heterocycles. The second-order valence-corrected chi connectivity index (χ2v) is 7.44. The first-order valence-corrected chi connectivity index (χ1v) is 10.2. The maximum atomic E-state index is 13.0. The number of aromatic nitrogens is 3. The number of nitrogens with zero attached hydrogens (tertiary/aromatic N) is 3. The number of rotatable bonds is 6. The summed E-state index contributed by atoms with van der Waals surface area (Å²) in [4.78, 5) is 28.1. The van der Waals surface area contributed by atoms with Gasteiger partial charge in [0, 0.05) is 11.6 Å². The largest absolute Gasteiger partial charge is 0.439 e. The molecule has 8 nitrogen and oxygen atoms in total. The SMILES string of the molecule is Cc1c(C(=O)Nc2ccc(Oc3cccc(C(N)=O)c3)nc2)cnn1-c1cccc(C(F)(F)F)c1. The number of carbonyl (C=O) groups is 2. The van der Waals surface area contributed by atoms with Gasteiger partial charge in [0.15, 0.2) is 0 Å². The van der Waals surface area contributed by atoms with Crippen molar-refractivity contribution in [1.29, 1.82) is 0 Å². The molecule has 4 rings (SSSR count). The summed E-state index contributed by atoms with van der Waals surface area (Å²) < 4.78 is 46.0. The van der Waals surface area contributed by atoms with Crippen molar-refractivity contribution in [1.82, 2.24) is 14.8 Å². The van der Waals surface area contributed by atoms with Gasteiger partial charge in [0.25, 0.3) is 5.91 Å². The number of carbonyl (C=O) groups excluding carboxylic acids is 2. The summed E-state index contributed by atoms with van der Waals surface area (Å²) in [6, 6.07) is 14.0. The van der Waals surface area contributed by atoms with Crippen LogP contribution < -0.4 is 15.8 Å². The molecular weight excluding hydrogens is 463 g/mol. The maximum Gasteiger partial charge on any atom is 0.416 e. The maximum absolute atomic E-state index is 13.0. The van der Waals surface area contributed by atoms with E-state index in [1.807, 2.05) is 0 Å². The van der Waals surface area contributed by atoms with E-state index in [0.717, 1.165) is 12.1 Å². The van der Waals surface area contributed by atoms with Gasteiger partial charge in [-0.2, -0.15) is 18.3 Å². The van der Waals surface area contributed by atoms with Crippen molar-refractivity contribution in [3.8, 4) is 17.3 Å². The Labute approximate surface area is 197 Å². The molecule has 4 aromatic rings. The van der Waals surface area contributed by atoms with Crippen LogP contribution in [0.3, 0.4) is 0 Å². The van der Waals surface area contributed by atoms with E-state index < -0.39 is 23.6 Å². The molecule has 3 N–H and O–H groups in total. The number of nitrogens with one attached hydrogen (secondary N) is 1. The number of hydrogen-bond acceptors (Lipinski definition) is 5. The summed E-state index contributed by atoms with van der Waals surface area (Å²) in [5.74, 6) is -0.514. The lowest BCUT2D eigenvalue weighted by Gasteiger charge is -2.10. The van der Waals surface area contributed by atoms with E-state index in [4.69, 9.17) is 10.5 Å². The molecule has 0 unspecified atom stereocenters. The second-order valence-electron chi connectivity index (χ2n) is 7.44. The van der Waals surface area contributed by atoms with Crippen LogP contribution in [0.5, 0.6) is 11.6 Å². The second kappa shape index (κ2) is 9.29. The van der Waals surface area contributed by atoms with Crippen LogP contribution in [0.25, 0.3) is 5.69 Å². The van der Waals surface area contributed by atoms with Gasteiger partial charge in [-0.15, -0.1) is 0 Å². The number of primary amides is 1. The van der Waals surface area contributed by atoms with E-state index in [1.165, 1.54) is 41.3 Å². The molecule has 0 radical (unpaired) electrons. The van der Waals surface area contributed by atoms with Crippen LogP contribution in [0.4, 0.5) is 18.9 Å². The smallest absolute Gasteiger partial charge is 0.416 e. The first-order chi connectivity index (χ1) is 16.6. The molecule has 0 aliphatic carbocycles. The molecule has 0 aliphatic heterocycles. The fraction of sp³-hybridized carbons (Fsp3) is 0.0833. The predicted molar refractivity (Wildman–Crippen MR) is 121 cm³/mol. The number of nitrogens with two attached hydrogens (primary N) is 1. The highest BCUT2D eigenvalue weighted by atomic mass is 19.4. The zero-order valence-electron chi connectivity index (χ0n) is 18.2. The number of amides is 2. The fourth-order valence-corrected chi connectivity index (χ4v) is 3.25. The average molecular weight is 481 g/mol. The van der Waals surface area contributed by atoms with Crippen molar-refractivity contribution in [3.05, 3.63) is 95.4 Å². The number of alkyl halides is 3. The van der Waals surface area contributed by atoms with Gasteiger partial charge < -0.3 is 15.8 Å². The van der Waals surface area contributed by atoms with Crippen molar-refractivity contribution in [2.45, 2.75) is 13.1 Å². The Kier molecular flexibility index (Phi) is 6.24. The Hall–Kier alpha value is -4.67. The summed E-state index contributed by atoms with van der Waals surface area (Å²) in [5.41, 5.74) is 5.82. The standard InChI is InChI=1S/C24H18F3N5O3/c1-14-20(13-30-32(14)18-6-3-5-16(11-18)24(25,26)27)23(34)31-17-8-9-21(29-12-17)35-19-7-2-4-15(10-19)22(28)33/h2-13H,1H3,(H2,28,33)(H,31,34). The number of benzene rings is 2. The van der Waals surface area contributed by atoms with Crippen molar-refractivity contribution < 1.29 is 27.5 Å². The van der Waals surface area contributed by atoms with Crippen LogP contribution in [0.15, 0.2) is 73.1 Å². The van der Waals surface area contributed by atoms with Gasteiger partial charge in [-0.25, -0.2) is 9.67 Å². The quantitative estimate of drug-likeness (QED) is 0.413. The van der Waals surface area contributed by atoms with E-state index >= 15 is 0 Å². The summed E-state index contributed by atoms with van der Waals surface area (Å²) in [5, 5.41) is 6.74. The molecular formula is C24H18F3N5O3. The Morgan fingerprint density at radius 2 is 1.80 bits per heavy atom. The third kappa shape index (κ3) is 5.29. The molecule has 11 heteroatoms. The van der Waals surface area contributed by atoms with Crippen LogP contribution >= 0.6 is 0 Å². The van der Waals surface area contributed by atoms with Crippen LogP contribution in [-0.2, 0) is 6.18 Å².